The Bertz CT molecular complexity index is 994. The van der Waals surface area contributed by atoms with E-state index >= 15 is 0 Å². The van der Waals surface area contributed by atoms with Crippen LogP contribution in [-0.4, -0.2) is 38.1 Å². The lowest BCUT2D eigenvalue weighted by atomic mass is 9.78. The number of hydrogen-bond acceptors (Lipinski definition) is 3. The Hall–Kier alpha value is -2.92. The molecule has 1 fully saturated rings. The molecule has 29 heavy (non-hydrogen) atoms. The zero-order valence-electron chi connectivity index (χ0n) is 17.2. The lowest BCUT2D eigenvalue weighted by Crippen LogP contribution is -2.51. The topological polar surface area (TPSA) is 58.4 Å². The Labute approximate surface area is 171 Å². The average Bonchev–Trinajstić information content (AvgIpc) is 3.36. The van der Waals surface area contributed by atoms with Gasteiger partial charge < -0.3 is 14.6 Å². The molecule has 1 amide bonds. The van der Waals surface area contributed by atoms with E-state index in [0.29, 0.717) is 12.4 Å². The van der Waals surface area contributed by atoms with Crippen LogP contribution in [0.15, 0.2) is 60.9 Å². The smallest absolute Gasteiger partial charge is 0.290 e. The molecule has 5 nitrogen and oxygen atoms in total. The van der Waals surface area contributed by atoms with Crippen molar-refractivity contribution >= 4 is 5.91 Å². The van der Waals surface area contributed by atoms with E-state index in [0.717, 1.165) is 35.1 Å². The van der Waals surface area contributed by atoms with Crippen molar-refractivity contribution in [2.45, 2.75) is 38.3 Å². The maximum atomic E-state index is 13.3. The molecule has 2 aromatic carbocycles. The Morgan fingerprint density at radius 1 is 1.10 bits per heavy atom. The van der Waals surface area contributed by atoms with Crippen LogP contribution >= 0.6 is 0 Å². The van der Waals surface area contributed by atoms with Crippen molar-refractivity contribution in [3.63, 3.8) is 0 Å². The number of amides is 1. The Morgan fingerprint density at radius 2 is 1.72 bits per heavy atom. The van der Waals surface area contributed by atoms with Crippen LogP contribution in [0.1, 0.15) is 45.7 Å². The minimum atomic E-state index is -1.30. The van der Waals surface area contributed by atoms with Gasteiger partial charge in [0.2, 0.25) is 0 Å². The molecule has 1 N–H and O–H groups in total. The predicted octanol–water partition coefficient (Wildman–Crippen LogP) is 3.58. The van der Waals surface area contributed by atoms with Gasteiger partial charge in [0.15, 0.2) is 5.82 Å². The number of aryl methyl sites for hydroxylation is 3. The van der Waals surface area contributed by atoms with Crippen molar-refractivity contribution in [3.05, 3.63) is 89.0 Å². The van der Waals surface area contributed by atoms with Gasteiger partial charge in [-0.1, -0.05) is 59.7 Å². The number of carbonyl (C=O) groups excluding carboxylic acids is 1. The molecule has 4 rings (SSSR count). The second kappa shape index (κ2) is 7.48. The van der Waals surface area contributed by atoms with Crippen LogP contribution in [0.5, 0.6) is 0 Å². The molecule has 0 saturated carbocycles. The monoisotopic (exact) mass is 389 g/mol. The van der Waals surface area contributed by atoms with Crippen LogP contribution in [0.25, 0.3) is 0 Å². The van der Waals surface area contributed by atoms with Gasteiger partial charge in [0.1, 0.15) is 5.60 Å². The van der Waals surface area contributed by atoms with E-state index in [1.54, 1.807) is 21.9 Å². The molecule has 0 radical (unpaired) electrons. The zero-order valence-corrected chi connectivity index (χ0v) is 17.2. The van der Waals surface area contributed by atoms with Gasteiger partial charge in [-0.15, -0.1) is 0 Å². The lowest BCUT2D eigenvalue weighted by molar-refractivity contribution is -0.00137. The van der Waals surface area contributed by atoms with Crippen LogP contribution in [-0.2, 0) is 12.6 Å². The summed E-state index contributed by atoms with van der Waals surface area (Å²) < 4.78 is 1.73. The van der Waals surface area contributed by atoms with E-state index in [-0.39, 0.29) is 11.9 Å². The summed E-state index contributed by atoms with van der Waals surface area (Å²) in [5, 5.41) is 12.3. The molecule has 1 aliphatic rings. The van der Waals surface area contributed by atoms with E-state index in [9.17, 15) is 9.90 Å². The second-order valence-corrected chi connectivity index (χ2v) is 8.02. The first kappa shape index (κ1) is 19.4. The summed E-state index contributed by atoms with van der Waals surface area (Å²) in [5.41, 5.74) is 2.48. The number of carbonyl (C=O) groups is 1. The molecule has 0 spiro atoms. The summed E-state index contributed by atoms with van der Waals surface area (Å²) in [4.78, 5) is 19.4. The number of nitrogens with zero attached hydrogens (tertiary/aromatic N) is 3. The fraction of sp³-hybridized carbons (Fsp3) is 0.333. The molecular formula is C24H27N3O2. The van der Waals surface area contributed by atoms with E-state index in [1.165, 1.54) is 0 Å². The number of aromatic nitrogens is 2. The zero-order chi connectivity index (χ0) is 20.6. The Balaban J connectivity index is 1.84. The van der Waals surface area contributed by atoms with E-state index in [2.05, 4.69) is 4.98 Å². The summed E-state index contributed by atoms with van der Waals surface area (Å²) >= 11 is 0. The first-order valence-corrected chi connectivity index (χ1v) is 10.1. The standard InChI is InChI=1S/C24H27N3O2/c1-17-7-4-9-19(15-17)24(29,20-10-5-8-18(2)16-20)21-11-6-13-27(21)23(28)22-25-12-14-26(22)3/h4-5,7-10,12,14-16,21,29H,6,11,13H2,1-3H3. The van der Waals surface area contributed by atoms with E-state index in [1.807, 2.05) is 69.4 Å². The number of aliphatic hydroxyl groups is 1. The molecule has 0 aliphatic carbocycles. The maximum Gasteiger partial charge on any atom is 0.290 e. The van der Waals surface area contributed by atoms with Crippen molar-refractivity contribution < 1.29 is 9.90 Å². The molecule has 1 aromatic heterocycles. The molecule has 1 unspecified atom stereocenters. The third kappa shape index (κ3) is 3.36. The van der Waals surface area contributed by atoms with E-state index < -0.39 is 5.60 Å². The summed E-state index contributed by atoms with van der Waals surface area (Å²) in [6.45, 7) is 4.65. The van der Waals surface area contributed by atoms with Gasteiger partial charge in [-0.2, -0.15) is 0 Å². The Morgan fingerprint density at radius 3 is 2.24 bits per heavy atom. The summed E-state index contributed by atoms with van der Waals surface area (Å²) in [5.74, 6) is 0.256. The van der Waals surface area contributed by atoms with Gasteiger partial charge in [-0.3, -0.25) is 4.79 Å². The molecular weight excluding hydrogens is 362 g/mol. The molecule has 0 bridgehead atoms. The van der Waals surface area contributed by atoms with Gasteiger partial charge in [-0.25, -0.2) is 4.98 Å². The number of benzene rings is 2. The fourth-order valence-corrected chi connectivity index (χ4v) is 4.46. The summed E-state index contributed by atoms with van der Waals surface area (Å²) in [6.07, 6.45) is 4.98. The molecule has 1 aliphatic heterocycles. The largest absolute Gasteiger partial charge is 0.378 e. The van der Waals surface area contributed by atoms with Gasteiger partial charge in [0, 0.05) is 26.0 Å². The SMILES string of the molecule is Cc1cccc(C(O)(c2cccc(C)c2)C2CCCN2C(=O)c2nccn2C)c1. The third-order valence-corrected chi connectivity index (χ3v) is 5.92. The number of imidazole rings is 1. The highest BCUT2D eigenvalue weighted by Gasteiger charge is 2.47. The summed E-state index contributed by atoms with van der Waals surface area (Å²) in [7, 11) is 1.82. The van der Waals surface area contributed by atoms with Gasteiger partial charge in [0.25, 0.3) is 5.91 Å². The minimum absolute atomic E-state index is 0.140. The number of rotatable bonds is 4. The predicted molar refractivity (Wildman–Crippen MR) is 113 cm³/mol. The van der Waals surface area contributed by atoms with Crippen LogP contribution in [0.3, 0.4) is 0 Å². The second-order valence-electron chi connectivity index (χ2n) is 8.02. The molecule has 1 saturated heterocycles. The normalized spacial score (nSPS) is 17.0. The van der Waals surface area contributed by atoms with Gasteiger partial charge in [0.05, 0.1) is 6.04 Å². The van der Waals surface area contributed by atoms with Crippen LogP contribution in [0.2, 0.25) is 0 Å². The third-order valence-electron chi connectivity index (χ3n) is 5.92. The highest BCUT2D eigenvalue weighted by molar-refractivity contribution is 5.91. The van der Waals surface area contributed by atoms with Gasteiger partial charge >= 0.3 is 0 Å². The minimum Gasteiger partial charge on any atom is -0.378 e. The van der Waals surface area contributed by atoms with Crippen molar-refractivity contribution in [3.8, 4) is 0 Å². The van der Waals surface area contributed by atoms with Gasteiger partial charge in [-0.05, 0) is 37.8 Å². The maximum absolute atomic E-state index is 13.3. The highest BCUT2D eigenvalue weighted by atomic mass is 16.3. The first-order chi connectivity index (χ1) is 13.9. The Kier molecular flexibility index (Phi) is 5.01. The number of likely N-dealkylation sites (tertiary alicyclic amines) is 1. The van der Waals surface area contributed by atoms with Crippen LogP contribution in [0.4, 0.5) is 0 Å². The van der Waals surface area contributed by atoms with Crippen molar-refractivity contribution in [2.24, 2.45) is 7.05 Å². The molecule has 150 valence electrons. The van der Waals surface area contributed by atoms with Crippen LogP contribution in [0, 0.1) is 13.8 Å². The molecule has 2 heterocycles. The number of hydrogen-bond donors (Lipinski definition) is 1. The quantitative estimate of drug-likeness (QED) is 0.742. The van der Waals surface area contributed by atoms with Crippen molar-refractivity contribution in [2.75, 3.05) is 6.54 Å². The van der Waals surface area contributed by atoms with Crippen molar-refractivity contribution in [1.82, 2.24) is 14.5 Å². The van der Waals surface area contributed by atoms with Crippen molar-refractivity contribution in [1.29, 1.82) is 0 Å². The average molecular weight is 389 g/mol. The van der Waals surface area contributed by atoms with E-state index in [4.69, 9.17) is 0 Å². The molecule has 3 aromatic rings. The highest BCUT2D eigenvalue weighted by Crippen LogP contribution is 2.41. The first-order valence-electron chi connectivity index (χ1n) is 10.1. The fourth-order valence-electron chi connectivity index (χ4n) is 4.46. The summed E-state index contributed by atoms with van der Waals surface area (Å²) in [6, 6.07) is 15.5. The van der Waals surface area contributed by atoms with Crippen LogP contribution < -0.4 is 0 Å². The molecule has 5 heteroatoms. The lowest BCUT2D eigenvalue weighted by Gasteiger charge is -2.40. The molecule has 1 atom stereocenters.